The second-order valence-electron chi connectivity index (χ2n) is 15.2. The maximum Gasteiger partial charge on any atom is 0.167 e. The van der Waals surface area contributed by atoms with Crippen LogP contribution in [-0.2, 0) is 12.8 Å². The second-order valence-corrected chi connectivity index (χ2v) is 16.2. The van der Waals surface area contributed by atoms with Crippen molar-refractivity contribution in [2.75, 3.05) is 0 Å². The zero-order valence-corrected chi connectivity index (χ0v) is 32.0. The van der Waals surface area contributed by atoms with E-state index in [0.717, 1.165) is 70.7 Å². The molecule has 0 bridgehead atoms. The Kier molecular flexibility index (Phi) is 7.42. The van der Waals surface area contributed by atoms with Gasteiger partial charge >= 0.3 is 0 Å². The van der Waals surface area contributed by atoms with Crippen LogP contribution in [0.3, 0.4) is 0 Å². The lowest BCUT2D eigenvalue weighted by atomic mass is 9.94. The predicted octanol–water partition coefficient (Wildman–Crippen LogP) is 13.4. The van der Waals surface area contributed by atoms with Gasteiger partial charge in [0, 0.05) is 53.8 Å². The van der Waals surface area contributed by atoms with E-state index in [1.54, 1.807) is 0 Å². The van der Waals surface area contributed by atoms with Crippen molar-refractivity contribution in [3.05, 3.63) is 166 Å². The zero-order chi connectivity index (χ0) is 37.5. The highest BCUT2D eigenvalue weighted by Crippen LogP contribution is 2.49. The molecule has 0 saturated heterocycles. The average molecular weight is 753 g/mol. The molecule has 1 atom stereocenters. The third kappa shape index (κ3) is 5.10. The number of furan rings is 1. The van der Waals surface area contributed by atoms with E-state index < -0.39 is 0 Å². The Balaban J connectivity index is 1.03. The first-order chi connectivity index (χ1) is 28.3. The molecule has 5 nitrogen and oxygen atoms in total. The predicted molar refractivity (Wildman–Crippen MR) is 235 cm³/mol. The van der Waals surface area contributed by atoms with Crippen LogP contribution in [-0.4, -0.2) is 19.5 Å². The van der Waals surface area contributed by atoms with Gasteiger partial charge in [-0.05, 0) is 72.6 Å². The lowest BCUT2D eigenvalue weighted by Gasteiger charge is -2.26. The van der Waals surface area contributed by atoms with Crippen LogP contribution in [0.5, 0.6) is 0 Å². The summed E-state index contributed by atoms with van der Waals surface area (Å²) in [6, 6.07) is 40.1. The Morgan fingerprint density at radius 1 is 0.579 bits per heavy atom. The van der Waals surface area contributed by atoms with E-state index in [2.05, 4.69) is 95.6 Å². The fraction of sp³-hybridized carbons (Fsp3) is 0.118. The smallest absolute Gasteiger partial charge is 0.167 e. The van der Waals surface area contributed by atoms with Gasteiger partial charge < -0.3 is 8.98 Å². The molecule has 9 aromatic rings. The summed E-state index contributed by atoms with van der Waals surface area (Å²) >= 11 is 1.97. The summed E-state index contributed by atoms with van der Waals surface area (Å²) < 4.78 is 10.9. The van der Waals surface area contributed by atoms with Gasteiger partial charge in [0.25, 0.3) is 0 Å². The van der Waals surface area contributed by atoms with Crippen LogP contribution in [0, 0.1) is 0 Å². The lowest BCUT2D eigenvalue weighted by Crippen LogP contribution is -2.17. The van der Waals surface area contributed by atoms with E-state index in [1.165, 1.54) is 54.2 Å². The maximum absolute atomic E-state index is 6.83. The fourth-order valence-electron chi connectivity index (χ4n) is 9.44. The molecule has 0 N–H and O–H groups in total. The minimum atomic E-state index is 0.275. The van der Waals surface area contributed by atoms with Crippen LogP contribution < -0.4 is 0 Å². The van der Waals surface area contributed by atoms with Crippen molar-refractivity contribution in [2.24, 2.45) is 0 Å². The summed E-state index contributed by atoms with van der Waals surface area (Å²) in [5.41, 5.74) is 14.0. The highest BCUT2D eigenvalue weighted by atomic mass is 32.1. The van der Waals surface area contributed by atoms with Crippen molar-refractivity contribution < 1.29 is 4.42 Å². The summed E-state index contributed by atoms with van der Waals surface area (Å²) in [6.45, 7) is 0. The summed E-state index contributed by atoms with van der Waals surface area (Å²) in [4.78, 5) is 16.5. The number of thiophene rings is 1. The molecule has 4 heterocycles. The Morgan fingerprint density at radius 2 is 1.25 bits per heavy atom. The Labute approximate surface area is 334 Å². The molecule has 0 amide bonds. The molecule has 0 spiro atoms. The topological polar surface area (TPSA) is 56.7 Å². The highest BCUT2D eigenvalue weighted by Gasteiger charge is 2.31. The molecule has 272 valence electrons. The number of para-hydroxylation sites is 1. The molecule has 5 aromatic carbocycles. The molecule has 4 aromatic heterocycles. The van der Waals surface area contributed by atoms with Gasteiger partial charge in [0.05, 0.1) is 11.6 Å². The lowest BCUT2D eigenvalue weighted by molar-refractivity contribution is 0.568. The number of aromatic nitrogens is 4. The van der Waals surface area contributed by atoms with Gasteiger partial charge in [0.2, 0.25) is 0 Å². The van der Waals surface area contributed by atoms with Crippen molar-refractivity contribution in [3.8, 4) is 45.3 Å². The molecule has 12 rings (SSSR count). The normalized spacial score (nSPS) is 15.7. The van der Waals surface area contributed by atoms with Crippen LogP contribution in [0.25, 0.3) is 95.5 Å². The largest absolute Gasteiger partial charge is 0.455 e. The number of fused-ring (bicyclic) bond motifs is 9. The van der Waals surface area contributed by atoms with Crippen molar-refractivity contribution in [2.45, 2.75) is 38.1 Å². The van der Waals surface area contributed by atoms with Crippen LogP contribution in [0.1, 0.15) is 58.3 Å². The van der Waals surface area contributed by atoms with Gasteiger partial charge in [-0.2, -0.15) is 0 Å². The zero-order valence-electron chi connectivity index (χ0n) is 31.2. The summed E-state index contributed by atoms with van der Waals surface area (Å²) in [5, 5.41) is 3.46. The van der Waals surface area contributed by atoms with Crippen LogP contribution in [0.2, 0.25) is 0 Å². The standard InChI is InChI=1S/C51H36N4OS/c1-3-15-31(16-4-1)49-52-50(32-17-5-2-6-18-32)54-51(53-49)40-26-12-25-39-45-35(21-14-30-44(45)56-46(39)40)36-22-11-23-37-38-24-13-29-43(48(38)57-47(36)37)55-41-27-9-7-19-33(41)34-20-8-10-28-42(34)55/h1-7,10-19,21-26,28,30,43H,8-9,20,27,29H2. The Bertz CT molecular complexity index is 3100. The number of rotatable bonds is 5. The van der Waals surface area contributed by atoms with Gasteiger partial charge in [0.1, 0.15) is 11.2 Å². The van der Waals surface area contributed by atoms with Gasteiger partial charge in [-0.1, -0.05) is 134 Å². The molecule has 0 fully saturated rings. The van der Waals surface area contributed by atoms with Crippen molar-refractivity contribution in [1.29, 1.82) is 0 Å². The van der Waals surface area contributed by atoms with E-state index in [-0.39, 0.29) is 6.04 Å². The SMILES string of the molecule is C1=Cc2c(c3c(n2C2CC=Cc4c2sc2c(-c5cccc6oc7c(-c8nc(-c9ccccc9)nc(-c9ccccc9)n8)cccc7c56)cccc42)CCC=C3)CC1. The van der Waals surface area contributed by atoms with E-state index in [0.29, 0.717) is 17.5 Å². The molecule has 6 heteroatoms. The van der Waals surface area contributed by atoms with Gasteiger partial charge in [-0.3, -0.25) is 0 Å². The molecule has 3 aliphatic carbocycles. The van der Waals surface area contributed by atoms with Crippen LogP contribution >= 0.6 is 11.3 Å². The van der Waals surface area contributed by atoms with E-state index in [4.69, 9.17) is 19.4 Å². The Morgan fingerprint density at radius 3 is 2.05 bits per heavy atom. The van der Waals surface area contributed by atoms with Gasteiger partial charge in [-0.25, -0.2) is 15.0 Å². The number of benzene rings is 5. The van der Waals surface area contributed by atoms with Gasteiger partial charge in [-0.15, -0.1) is 11.3 Å². The monoisotopic (exact) mass is 752 g/mol. The molecule has 1 unspecified atom stereocenters. The first kappa shape index (κ1) is 32.6. The number of nitrogens with zero attached hydrogens (tertiary/aromatic N) is 4. The molecule has 0 aliphatic heterocycles. The average Bonchev–Trinajstić information content (AvgIpc) is 3.97. The first-order valence-corrected chi connectivity index (χ1v) is 20.7. The summed E-state index contributed by atoms with van der Waals surface area (Å²) in [5.74, 6) is 1.84. The number of hydrogen-bond donors (Lipinski definition) is 0. The second kappa shape index (κ2) is 13.0. The molecular weight excluding hydrogens is 717 g/mol. The molecule has 57 heavy (non-hydrogen) atoms. The fourth-order valence-corrected chi connectivity index (χ4v) is 10.9. The van der Waals surface area contributed by atoms with E-state index in [9.17, 15) is 0 Å². The molecule has 3 aliphatic rings. The molecule has 0 saturated carbocycles. The van der Waals surface area contributed by atoms with Crippen LogP contribution in [0.15, 0.2) is 138 Å². The van der Waals surface area contributed by atoms with Crippen molar-refractivity contribution in [3.63, 3.8) is 0 Å². The number of hydrogen-bond acceptors (Lipinski definition) is 5. The summed E-state index contributed by atoms with van der Waals surface area (Å²) in [7, 11) is 0. The van der Waals surface area contributed by atoms with Crippen LogP contribution in [0.4, 0.5) is 0 Å². The van der Waals surface area contributed by atoms with E-state index >= 15 is 0 Å². The maximum atomic E-state index is 6.83. The quantitative estimate of drug-likeness (QED) is 0.176. The molecular formula is C51H36N4OS. The van der Waals surface area contributed by atoms with Crippen molar-refractivity contribution >= 4 is 61.6 Å². The van der Waals surface area contributed by atoms with Gasteiger partial charge in [0.15, 0.2) is 17.5 Å². The highest BCUT2D eigenvalue weighted by molar-refractivity contribution is 7.20. The third-order valence-corrected chi connectivity index (χ3v) is 13.3. The van der Waals surface area contributed by atoms with Crippen molar-refractivity contribution in [1.82, 2.24) is 19.5 Å². The first-order valence-electron chi connectivity index (χ1n) is 19.9. The summed E-state index contributed by atoms with van der Waals surface area (Å²) in [6.07, 6.45) is 19.7. The minimum Gasteiger partial charge on any atom is -0.455 e. The number of allylic oxidation sites excluding steroid dienone is 3. The third-order valence-electron chi connectivity index (χ3n) is 12.0. The molecule has 0 radical (unpaired) electrons. The minimum absolute atomic E-state index is 0.275. The van der Waals surface area contributed by atoms with E-state index in [1.807, 2.05) is 72.0 Å². The Hall–Kier alpha value is -6.63.